The van der Waals surface area contributed by atoms with Crippen molar-refractivity contribution in [3.8, 4) is 0 Å². The standard InChI is InChI=1S/C14H20N2O3S2/c15-14(20)12-2-1-3-13(8-12)21(18,19)7-6-16-5-4-11(9-16)10-17/h1-3,8,11,17H,4-7,9-10H2,(H2,15,20). The molecule has 0 radical (unpaired) electrons. The van der Waals surface area contributed by atoms with Crippen LogP contribution in [0.4, 0.5) is 0 Å². The first-order valence-corrected chi connectivity index (χ1v) is 8.94. The summed E-state index contributed by atoms with van der Waals surface area (Å²) < 4.78 is 24.7. The maximum absolute atomic E-state index is 12.4. The molecule has 1 aromatic carbocycles. The van der Waals surface area contributed by atoms with Gasteiger partial charge in [-0.1, -0.05) is 24.4 Å². The van der Waals surface area contributed by atoms with Gasteiger partial charge < -0.3 is 15.7 Å². The van der Waals surface area contributed by atoms with Crippen LogP contribution in [0.2, 0.25) is 0 Å². The largest absolute Gasteiger partial charge is 0.396 e. The number of benzene rings is 1. The van der Waals surface area contributed by atoms with E-state index in [2.05, 4.69) is 4.90 Å². The molecular formula is C14H20N2O3S2. The van der Waals surface area contributed by atoms with Gasteiger partial charge in [-0.05, 0) is 31.0 Å². The fourth-order valence-corrected chi connectivity index (χ4v) is 3.93. The molecule has 3 N–H and O–H groups in total. The molecule has 1 aliphatic rings. The molecule has 7 heteroatoms. The number of likely N-dealkylation sites (tertiary alicyclic amines) is 1. The Balaban J connectivity index is 2.02. The number of hydrogen-bond acceptors (Lipinski definition) is 5. The molecule has 0 saturated carbocycles. The molecule has 1 fully saturated rings. The van der Waals surface area contributed by atoms with Crippen LogP contribution >= 0.6 is 12.2 Å². The lowest BCUT2D eigenvalue weighted by Crippen LogP contribution is -2.28. The minimum Gasteiger partial charge on any atom is -0.396 e. The first-order valence-electron chi connectivity index (χ1n) is 6.88. The number of hydrogen-bond donors (Lipinski definition) is 2. The van der Waals surface area contributed by atoms with Crippen molar-refractivity contribution in [2.24, 2.45) is 11.7 Å². The number of nitrogens with two attached hydrogens (primary N) is 1. The predicted molar refractivity (Wildman–Crippen MR) is 86.0 cm³/mol. The van der Waals surface area contributed by atoms with Crippen LogP contribution in [-0.2, 0) is 9.84 Å². The molecule has 0 amide bonds. The van der Waals surface area contributed by atoms with Crippen molar-refractivity contribution in [3.05, 3.63) is 29.8 Å². The van der Waals surface area contributed by atoms with E-state index in [4.69, 9.17) is 23.1 Å². The van der Waals surface area contributed by atoms with E-state index < -0.39 is 9.84 Å². The predicted octanol–water partition coefficient (Wildman–Crippen LogP) is 0.409. The lowest BCUT2D eigenvalue weighted by molar-refractivity contribution is 0.224. The summed E-state index contributed by atoms with van der Waals surface area (Å²) in [7, 11) is -3.35. The lowest BCUT2D eigenvalue weighted by atomic mass is 10.1. The molecule has 21 heavy (non-hydrogen) atoms. The molecule has 1 aliphatic heterocycles. The molecule has 1 saturated heterocycles. The van der Waals surface area contributed by atoms with Crippen LogP contribution in [0.1, 0.15) is 12.0 Å². The second-order valence-corrected chi connectivity index (χ2v) is 7.90. The van der Waals surface area contributed by atoms with E-state index in [1.807, 2.05) is 0 Å². The molecule has 116 valence electrons. The fraction of sp³-hybridized carbons (Fsp3) is 0.500. The third-order valence-electron chi connectivity index (χ3n) is 3.78. The number of aliphatic hydroxyl groups is 1. The van der Waals surface area contributed by atoms with Crippen molar-refractivity contribution in [2.45, 2.75) is 11.3 Å². The van der Waals surface area contributed by atoms with E-state index in [1.165, 1.54) is 6.07 Å². The summed E-state index contributed by atoms with van der Waals surface area (Å²) in [6.07, 6.45) is 0.924. The molecule has 2 rings (SSSR count). The highest BCUT2D eigenvalue weighted by Gasteiger charge is 2.24. The van der Waals surface area contributed by atoms with Crippen molar-refractivity contribution in [3.63, 3.8) is 0 Å². The van der Waals surface area contributed by atoms with Gasteiger partial charge in [0.2, 0.25) is 0 Å². The van der Waals surface area contributed by atoms with Gasteiger partial charge in [0, 0.05) is 25.3 Å². The van der Waals surface area contributed by atoms with Crippen LogP contribution < -0.4 is 5.73 Å². The Morgan fingerprint density at radius 2 is 2.24 bits per heavy atom. The Kier molecular flexibility index (Phi) is 5.32. The van der Waals surface area contributed by atoms with Gasteiger partial charge in [-0.3, -0.25) is 0 Å². The number of aliphatic hydroxyl groups excluding tert-OH is 1. The molecule has 1 heterocycles. The van der Waals surface area contributed by atoms with Crippen molar-refractivity contribution >= 4 is 27.0 Å². The number of thiocarbonyl (C=S) groups is 1. The van der Waals surface area contributed by atoms with E-state index in [0.717, 1.165) is 19.5 Å². The van der Waals surface area contributed by atoms with Gasteiger partial charge in [-0.2, -0.15) is 0 Å². The lowest BCUT2D eigenvalue weighted by Gasteiger charge is -2.15. The summed E-state index contributed by atoms with van der Waals surface area (Å²) in [6, 6.07) is 6.45. The van der Waals surface area contributed by atoms with Crippen molar-refractivity contribution in [2.75, 3.05) is 32.0 Å². The summed E-state index contributed by atoms with van der Waals surface area (Å²) in [5.74, 6) is 0.331. The zero-order valence-electron chi connectivity index (χ0n) is 11.7. The highest BCUT2D eigenvalue weighted by Crippen LogP contribution is 2.17. The van der Waals surface area contributed by atoms with Crippen LogP contribution in [0.5, 0.6) is 0 Å². The first-order chi connectivity index (χ1) is 9.92. The van der Waals surface area contributed by atoms with E-state index in [0.29, 0.717) is 12.1 Å². The maximum atomic E-state index is 12.4. The minimum atomic E-state index is -3.35. The Morgan fingerprint density at radius 3 is 2.86 bits per heavy atom. The highest BCUT2D eigenvalue weighted by atomic mass is 32.2. The Bertz CT molecular complexity index is 616. The number of rotatable bonds is 6. The smallest absolute Gasteiger partial charge is 0.179 e. The van der Waals surface area contributed by atoms with Crippen molar-refractivity contribution in [1.29, 1.82) is 0 Å². The van der Waals surface area contributed by atoms with E-state index in [9.17, 15) is 8.42 Å². The number of sulfone groups is 1. The van der Waals surface area contributed by atoms with Gasteiger partial charge in [-0.15, -0.1) is 0 Å². The zero-order chi connectivity index (χ0) is 15.5. The molecule has 0 aromatic heterocycles. The van der Waals surface area contributed by atoms with Gasteiger partial charge in [0.05, 0.1) is 10.6 Å². The first kappa shape index (κ1) is 16.4. The van der Waals surface area contributed by atoms with Gasteiger partial charge >= 0.3 is 0 Å². The van der Waals surface area contributed by atoms with Crippen LogP contribution in [0.25, 0.3) is 0 Å². The average Bonchev–Trinajstić information content (AvgIpc) is 2.93. The van der Waals surface area contributed by atoms with E-state index in [1.54, 1.807) is 18.2 Å². The normalized spacial score (nSPS) is 19.8. The summed E-state index contributed by atoms with van der Waals surface area (Å²) in [5.41, 5.74) is 6.10. The van der Waals surface area contributed by atoms with Gasteiger partial charge in [0.1, 0.15) is 4.99 Å². The summed E-state index contributed by atoms with van der Waals surface area (Å²) in [6.45, 7) is 2.25. The molecule has 0 aliphatic carbocycles. The van der Waals surface area contributed by atoms with E-state index in [-0.39, 0.29) is 28.2 Å². The van der Waals surface area contributed by atoms with Crippen LogP contribution in [0, 0.1) is 5.92 Å². The third kappa shape index (κ3) is 4.23. The average molecular weight is 328 g/mol. The SMILES string of the molecule is NC(=S)c1cccc(S(=O)(=O)CCN2CCC(CO)C2)c1. The van der Waals surface area contributed by atoms with Crippen LogP contribution in [-0.4, -0.2) is 55.4 Å². The van der Waals surface area contributed by atoms with Crippen molar-refractivity contribution < 1.29 is 13.5 Å². The summed E-state index contributed by atoms with van der Waals surface area (Å²) >= 11 is 4.87. The second kappa shape index (κ2) is 6.83. The second-order valence-electron chi connectivity index (χ2n) is 5.35. The Morgan fingerprint density at radius 1 is 1.48 bits per heavy atom. The molecule has 1 atom stereocenters. The molecule has 5 nitrogen and oxygen atoms in total. The summed E-state index contributed by atoms with van der Waals surface area (Å²) in [4.78, 5) is 2.53. The molecule has 0 bridgehead atoms. The van der Waals surface area contributed by atoms with Crippen LogP contribution in [0.3, 0.4) is 0 Å². The van der Waals surface area contributed by atoms with Gasteiger partial charge in [0.25, 0.3) is 0 Å². The maximum Gasteiger partial charge on any atom is 0.179 e. The zero-order valence-corrected chi connectivity index (χ0v) is 13.4. The molecule has 1 aromatic rings. The molecule has 0 spiro atoms. The van der Waals surface area contributed by atoms with Gasteiger partial charge in [-0.25, -0.2) is 8.42 Å². The van der Waals surface area contributed by atoms with Crippen molar-refractivity contribution in [1.82, 2.24) is 4.90 Å². The highest BCUT2D eigenvalue weighted by molar-refractivity contribution is 7.91. The van der Waals surface area contributed by atoms with Crippen LogP contribution in [0.15, 0.2) is 29.2 Å². The molecular weight excluding hydrogens is 308 g/mol. The van der Waals surface area contributed by atoms with E-state index >= 15 is 0 Å². The topological polar surface area (TPSA) is 83.6 Å². The minimum absolute atomic E-state index is 0.0614. The van der Waals surface area contributed by atoms with Gasteiger partial charge in [0.15, 0.2) is 9.84 Å². The summed E-state index contributed by atoms with van der Waals surface area (Å²) in [5, 5.41) is 9.10. The quantitative estimate of drug-likeness (QED) is 0.736. The molecule has 1 unspecified atom stereocenters. The Labute approximate surface area is 130 Å². The number of nitrogens with zero attached hydrogens (tertiary/aromatic N) is 1. The Hall–Kier alpha value is -1.02. The fourth-order valence-electron chi connectivity index (χ4n) is 2.47. The monoisotopic (exact) mass is 328 g/mol. The third-order valence-corrected chi connectivity index (χ3v) is 5.71.